The molecule has 10 nitrogen and oxygen atoms in total. The molecule has 1 saturated heterocycles. The fourth-order valence-corrected chi connectivity index (χ4v) is 3.28. The van der Waals surface area contributed by atoms with Gasteiger partial charge in [-0.05, 0) is 5.75 Å². The molecule has 1 aliphatic heterocycles. The molecule has 1 aliphatic rings. The van der Waals surface area contributed by atoms with Gasteiger partial charge in [-0.2, -0.15) is 4.98 Å². The fourth-order valence-electron chi connectivity index (χ4n) is 2.53. The van der Waals surface area contributed by atoms with Crippen LogP contribution in [-0.4, -0.2) is 65.5 Å². The Kier molecular flexibility index (Phi) is 4.29. The van der Waals surface area contributed by atoms with Crippen molar-refractivity contribution in [2.24, 2.45) is 0 Å². The van der Waals surface area contributed by atoms with Crippen LogP contribution in [0.1, 0.15) is 13.2 Å². The molecule has 0 amide bonds. The molecule has 2 aromatic heterocycles. The summed E-state index contributed by atoms with van der Waals surface area (Å²) in [6.45, 7) is 1.45. The Bertz CT molecular complexity index is 777. The molecule has 4 atom stereocenters. The summed E-state index contributed by atoms with van der Waals surface area (Å²) in [5.74, 6) is 0.564. The molecule has 0 radical (unpaired) electrons. The van der Waals surface area contributed by atoms with E-state index >= 15 is 0 Å². The van der Waals surface area contributed by atoms with Gasteiger partial charge in [-0.15, -0.1) is 0 Å². The number of aliphatic hydroxyl groups is 3. The molecule has 0 aromatic carbocycles. The van der Waals surface area contributed by atoms with Crippen LogP contribution in [0.3, 0.4) is 0 Å². The van der Waals surface area contributed by atoms with Gasteiger partial charge in [-0.3, -0.25) is 14.3 Å². The summed E-state index contributed by atoms with van der Waals surface area (Å²) in [5.41, 5.74) is 5.29. The van der Waals surface area contributed by atoms with Crippen LogP contribution in [0.5, 0.6) is 0 Å². The quantitative estimate of drug-likeness (QED) is 0.413. The Morgan fingerprint density at radius 3 is 2.74 bits per heavy atom. The number of rotatable bonds is 4. The van der Waals surface area contributed by atoms with E-state index in [1.807, 2.05) is 6.92 Å². The molecule has 3 heterocycles. The number of nitrogens with one attached hydrogen (secondary N) is 1. The number of aromatic amines is 1. The summed E-state index contributed by atoms with van der Waals surface area (Å²) in [4.78, 5) is 22.7. The van der Waals surface area contributed by atoms with Gasteiger partial charge in [-0.1, -0.05) is 18.7 Å². The van der Waals surface area contributed by atoms with E-state index in [4.69, 9.17) is 10.5 Å². The smallest absolute Gasteiger partial charge is 0.280 e. The van der Waals surface area contributed by atoms with Gasteiger partial charge in [0.05, 0.1) is 6.61 Å². The highest BCUT2D eigenvalue weighted by molar-refractivity contribution is 7.99. The Morgan fingerprint density at radius 1 is 1.39 bits per heavy atom. The molecule has 0 saturated carbocycles. The van der Waals surface area contributed by atoms with E-state index < -0.39 is 36.7 Å². The van der Waals surface area contributed by atoms with Crippen molar-refractivity contribution >= 4 is 28.9 Å². The average Bonchev–Trinajstić information content (AvgIpc) is 2.99. The van der Waals surface area contributed by atoms with Crippen molar-refractivity contribution in [1.82, 2.24) is 19.5 Å². The summed E-state index contributed by atoms with van der Waals surface area (Å²) >= 11 is 1.32. The fraction of sp³-hybridized carbons (Fsp3) is 0.583. The number of fused-ring (bicyclic) bond motifs is 1. The minimum atomic E-state index is -1.30. The predicted molar refractivity (Wildman–Crippen MR) is 82.0 cm³/mol. The van der Waals surface area contributed by atoms with E-state index in [2.05, 4.69) is 15.0 Å². The molecule has 3 rings (SSSR count). The number of nitrogens with two attached hydrogens (primary N) is 1. The number of thioether (sulfide) groups is 1. The van der Waals surface area contributed by atoms with Crippen molar-refractivity contribution in [3.63, 3.8) is 0 Å². The van der Waals surface area contributed by atoms with E-state index in [1.165, 1.54) is 16.3 Å². The molecule has 0 spiro atoms. The van der Waals surface area contributed by atoms with E-state index in [0.717, 1.165) is 0 Å². The van der Waals surface area contributed by atoms with Gasteiger partial charge >= 0.3 is 0 Å². The van der Waals surface area contributed by atoms with Crippen LogP contribution in [-0.2, 0) is 4.74 Å². The number of nitrogens with zero attached hydrogens (tertiary/aromatic N) is 3. The first-order chi connectivity index (χ1) is 11.0. The first-order valence-corrected chi connectivity index (χ1v) is 7.99. The first kappa shape index (κ1) is 16.2. The second kappa shape index (κ2) is 6.09. The first-order valence-electron chi connectivity index (χ1n) is 7.00. The number of aromatic nitrogens is 4. The molecule has 2 aromatic rings. The Balaban J connectivity index is 2.19. The third kappa shape index (κ3) is 2.60. The summed E-state index contributed by atoms with van der Waals surface area (Å²) in [6, 6.07) is 0. The third-order valence-electron chi connectivity index (χ3n) is 3.58. The number of H-pyrrole nitrogens is 1. The van der Waals surface area contributed by atoms with Crippen LogP contribution in [0.25, 0.3) is 11.2 Å². The van der Waals surface area contributed by atoms with Gasteiger partial charge in [0.15, 0.2) is 22.5 Å². The third-order valence-corrected chi connectivity index (χ3v) is 4.42. The predicted octanol–water partition coefficient (Wildman–Crippen LogP) is -1.57. The highest BCUT2D eigenvalue weighted by atomic mass is 32.2. The Morgan fingerprint density at radius 2 is 2.13 bits per heavy atom. The van der Waals surface area contributed by atoms with Crippen molar-refractivity contribution in [2.75, 3.05) is 18.1 Å². The number of hydrogen-bond acceptors (Lipinski definition) is 9. The number of nitrogen functional groups attached to an aromatic ring is 1. The van der Waals surface area contributed by atoms with Crippen molar-refractivity contribution in [3.8, 4) is 0 Å². The van der Waals surface area contributed by atoms with Crippen molar-refractivity contribution in [1.29, 1.82) is 0 Å². The Hall–Kier alpha value is -1.66. The lowest BCUT2D eigenvalue weighted by Crippen LogP contribution is -2.33. The summed E-state index contributed by atoms with van der Waals surface area (Å²) in [5, 5.41) is 29.8. The zero-order valence-corrected chi connectivity index (χ0v) is 13.0. The highest BCUT2D eigenvalue weighted by Crippen LogP contribution is 2.34. The van der Waals surface area contributed by atoms with E-state index in [-0.39, 0.29) is 17.1 Å². The molecular weight excluding hydrogens is 326 g/mol. The standard InChI is InChI=1S/C12H17N5O5S/c1-2-23-12-14-5-8(15-11(13)16-9(5)21)17(12)10-7(20)6(19)4(3-18)22-10/h4,6-7,10,18-20H,2-3H2,1H3,(H3,13,15,16,21)/t4-,6-,7-,10-/m1/s1. The number of hydrogen-bond donors (Lipinski definition) is 5. The maximum absolute atomic E-state index is 12.0. The molecule has 23 heavy (non-hydrogen) atoms. The van der Waals surface area contributed by atoms with Crippen LogP contribution in [0, 0.1) is 0 Å². The van der Waals surface area contributed by atoms with Gasteiger partial charge in [-0.25, -0.2) is 4.98 Å². The molecule has 0 bridgehead atoms. The average molecular weight is 343 g/mol. The van der Waals surface area contributed by atoms with E-state index in [9.17, 15) is 20.1 Å². The number of imidazole rings is 1. The summed E-state index contributed by atoms with van der Waals surface area (Å²) in [6.07, 6.45) is -4.54. The van der Waals surface area contributed by atoms with Crippen molar-refractivity contribution < 1.29 is 20.1 Å². The lowest BCUT2D eigenvalue weighted by atomic mass is 10.1. The Labute approximate surface area is 134 Å². The van der Waals surface area contributed by atoms with E-state index in [1.54, 1.807) is 0 Å². The second-order valence-corrected chi connectivity index (χ2v) is 6.28. The molecule has 11 heteroatoms. The molecule has 126 valence electrons. The summed E-state index contributed by atoms with van der Waals surface area (Å²) in [7, 11) is 0. The van der Waals surface area contributed by atoms with Crippen LogP contribution in [0.4, 0.5) is 5.95 Å². The minimum Gasteiger partial charge on any atom is -0.394 e. The van der Waals surface area contributed by atoms with Crippen LogP contribution >= 0.6 is 11.8 Å². The largest absolute Gasteiger partial charge is 0.394 e. The topological polar surface area (TPSA) is 160 Å². The second-order valence-electron chi connectivity index (χ2n) is 5.05. The van der Waals surface area contributed by atoms with Gasteiger partial charge in [0.1, 0.15) is 18.3 Å². The highest BCUT2D eigenvalue weighted by Gasteiger charge is 2.45. The number of ether oxygens (including phenoxy) is 1. The van der Waals surface area contributed by atoms with Crippen molar-refractivity contribution in [2.45, 2.75) is 36.6 Å². The molecule has 0 unspecified atom stereocenters. The maximum atomic E-state index is 12.0. The molecule has 6 N–H and O–H groups in total. The van der Waals surface area contributed by atoms with E-state index in [0.29, 0.717) is 10.9 Å². The lowest BCUT2D eigenvalue weighted by Gasteiger charge is -2.18. The molecule has 1 fully saturated rings. The summed E-state index contributed by atoms with van der Waals surface area (Å²) < 4.78 is 6.95. The van der Waals surface area contributed by atoms with Gasteiger partial charge in [0, 0.05) is 0 Å². The molecule has 0 aliphatic carbocycles. The van der Waals surface area contributed by atoms with Gasteiger partial charge < -0.3 is 25.8 Å². The number of anilines is 1. The normalized spacial score (nSPS) is 27.8. The lowest BCUT2D eigenvalue weighted by molar-refractivity contribution is -0.0548. The zero-order valence-electron chi connectivity index (χ0n) is 12.2. The van der Waals surface area contributed by atoms with Crippen LogP contribution in [0.2, 0.25) is 0 Å². The zero-order chi connectivity index (χ0) is 16.7. The molecular formula is C12H17N5O5S. The minimum absolute atomic E-state index is 0.0629. The van der Waals surface area contributed by atoms with Crippen LogP contribution in [0.15, 0.2) is 9.95 Å². The van der Waals surface area contributed by atoms with Gasteiger partial charge in [0.25, 0.3) is 5.56 Å². The van der Waals surface area contributed by atoms with Crippen LogP contribution < -0.4 is 11.3 Å². The van der Waals surface area contributed by atoms with Crippen molar-refractivity contribution in [3.05, 3.63) is 10.4 Å². The SMILES string of the molecule is CCSc1nc2c(=O)[nH]c(N)nc2n1[C@@H]1O[C@H](CO)[C@@H](O)[C@H]1O. The maximum Gasteiger partial charge on any atom is 0.280 e. The number of aliphatic hydroxyl groups excluding tert-OH is 3. The van der Waals surface area contributed by atoms with Gasteiger partial charge in [0.2, 0.25) is 5.95 Å². The monoisotopic (exact) mass is 343 g/mol.